The number of pyridine rings is 1. The van der Waals surface area contributed by atoms with Crippen molar-refractivity contribution in [3.8, 4) is 11.3 Å². The quantitative estimate of drug-likeness (QED) is 0.431. The van der Waals surface area contributed by atoms with Gasteiger partial charge in [-0.1, -0.05) is 29.8 Å². The molecule has 2 aromatic heterocycles. The zero-order valence-corrected chi connectivity index (χ0v) is 22.0. The van der Waals surface area contributed by atoms with E-state index >= 15 is 0 Å². The van der Waals surface area contributed by atoms with E-state index in [4.69, 9.17) is 10.2 Å². The summed E-state index contributed by atoms with van der Waals surface area (Å²) >= 11 is 0. The van der Waals surface area contributed by atoms with Crippen LogP contribution in [0.25, 0.3) is 22.4 Å². The highest BCUT2D eigenvalue weighted by Gasteiger charge is 2.31. The van der Waals surface area contributed by atoms with E-state index in [1.54, 1.807) is 4.90 Å². The van der Waals surface area contributed by atoms with E-state index in [9.17, 15) is 18.0 Å². The number of anilines is 1. The third-order valence-corrected chi connectivity index (χ3v) is 8.26. The Morgan fingerprint density at radius 3 is 2.57 bits per heavy atom. The fourth-order valence-corrected chi connectivity index (χ4v) is 5.92. The van der Waals surface area contributed by atoms with E-state index in [1.165, 1.54) is 4.31 Å². The molecule has 1 aliphatic heterocycles. The maximum atomic E-state index is 12.9. The van der Waals surface area contributed by atoms with Crippen LogP contribution in [0.5, 0.6) is 0 Å². The second-order valence-corrected chi connectivity index (χ2v) is 12.1. The molecule has 2 aliphatic rings. The number of furan rings is 1. The number of fused-ring (bicyclic) bond motifs is 1. The zero-order valence-electron chi connectivity index (χ0n) is 21.2. The predicted octanol–water partition coefficient (Wildman–Crippen LogP) is 3.63. The van der Waals surface area contributed by atoms with Gasteiger partial charge in [-0.3, -0.25) is 13.9 Å². The summed E-state index contributed by atoms with van der Waals surface area (Å²) < 4.78 is 33.3. The van der Waals surface area contributed by atoms with Crippen molar-refractivity contribution in [3.63, 3.8) is 0 Å². The largest absolute Gasteiger partial charge is 0.437 e. The molecule has 0 atom stereocenters. The zero-order chi connectivity index (χ0) is 26.3. The number of hydrogen-bond donors (Lipinski definition) is 1. The summed E-state index contributed by atoms with van der Waals surface area (Å²) in [5.41, 5.74) is 8.71. The smallest absolute Gasteiger partial charge is 0.253 e. The highest BCUT2D eigenvalue weighted by Crippen LogP contribution is 2.39. The molecule has 0 unspecified atom stereocenters. The van der Waals surface area contributed by atoms with Crippen molar-refractivity contribution in [1.29, 1.82) is 0 Å². The standard InChI is InChI=1S/C27H32N4O5S/c1-17-6-10-19(11-7-17)24-23(25(28)33)21-16-20(15-18-8-9-18)26(29-27(21)36-24)31(37(2,34)35)14-4-13-30-12-3-5-22(30)32/h6-7,10-11,16,18H,3-5,8-9,12-15H2,1-2H3,(H2,28,33). The topological polar surface area (TPSA) is 127 Å². The fraction of sp³-hybridized carbons (Fsp3) is 0.444. The lowest BCUT2D eigenvalue weighted by atomic mass is 10.0. The van der Waals surface area contributed by atoms with Gasteiger partial charge in [0.1, 0.15) is 11.6 Å². The van der Waals surface area contributed by atoms with Gasteiger partial charge in [0, 0.05) is 31.6 Å². The number of rotatable bonds is 10. The molecule has 37 heavy (non-hydrogen) atoms. The van der Waals surface area contributed by atoms with Crippen molar-refractivity contribution in [1.82, 2.24) is 9.88 Å². The molecule has 1 saturated carbocycles. The number of amides is 2. The van der Waals surface area contributed by atoms with Crippen LogP contribution >= 0.6 is 0 Å². The number of aryl methyl sites for hydroxylation is 1. The van der Waals surface area contributed by atoms with Crippen LogP contribution in [-0.2, 0) is 21.2 Å². The van der Waals surface area contributed by atoms with Crippen LogP contribution in [0.15, 0.2) is 34.7 Å². The second kappa shape index (κ2) is 9.81. The molecular formula is C27H32N4O5S. The Morgan fingerprint density at radius 1 is 1.24 bits per heavy atom. The molecule has 5 rings (SSSR count). The van der Waals surface area contributed by atoms with Gasteiger partial charge >= 0.3 is 0 Å². The second-order valence-electron chi connectivity index (χ2n) is 10.2. The maximum Gasteiger partial charge on any atom is 0.253 e. The highest BCUT2D eigenvalue weighted by atomic mass is 32.2. The molecule has 10 heteroatoms. The maximum absolute atomic E-state index is 12.9. The summed E-state index contributed by atoms with van der Waals surface area (Å²) in [6.07, 6.45) is 5.81. The third-order valence-electron chi connectivity index (χ3n) is 7.10. The Hall–Kier alpha value is -3.40. The summed E-state index contributed by atoms with van der Waals surface area (Å²) in [4.78, 5) is 31.0. The van der Waals surface area contributed by atoms with Gasteiger partial charge in [0.05, 0.1) is 17.2 Å². The van der Waals surface area contributed by atoms with Crippen molar-refractivity contribution >= 4 is 38.8 Å². The summed E-state index contributed by atoms with van der Waals surface area (Å²) in [6.45, 7) is 3.36. The monoisotopic (exact) mass is 524 g/mol. The third kappa shape index (κ3) is 5.34. The average molecular weight is 525 g/mol. The van der Waals surface area contributed by atoms with Crippen molar-refractivity contribution in [3.05, 3.63) is 47.0 Å². The minimum absolute atomic E-state index is 0.109. The van der Waals surface area contributed by atoms with Crippen molar-refractivity contribution < 1.29 is 22.4 Å². The Morgan fingerprint density at radius 2 is 1.97 bits per heavy atom. The average Bonchev–Trinajstić information content (AvgIpc) is 3.43. The lowest BCUT2D eigenvalue weighted by molar-refractivity contribution is -0.127. The SMILES string of the molecule is Cc1ccc(-c2oc3nc(N(CCCN4CCCC4=O)S(C)(=O)=O)c(CC4CC4)cc3c2C(N)=O)cc1. The fourth-order valence-electron chi connectivity index (χ4n) is 4.98. The molecule has 196 valence electrons. The van der Waals surface area contributed by atoms with E-state index in [1.807, 2.05) is 37.3 Å². The number of carbonyl (C=O) groups excluding carboxylic acids is 2. The van der Waals surface area contributed by atoms with Crippen LogP contribution < -0.4 is 10.0 Å². The molecule has 2 N–H and O–H groups in total. The first-order chi connectivity index (χ1) is 17.6. The normalized spacial score (nSPS) is 16.1. The molecule has 3 heterocycles. The predicted molar refractivity (Wildman–Crippen MR) is 142 cm³/mol. The van der Waals surface area contributed by atoms with Gasteiger partial charge < -0.3 is 15.1 Å². The first-order valence-electron chi connectivity index (χ1n) is 12.7. The van der Waals surface area contributed by atoms with Gasteiger partial charge in [0.25, 0.3) is 5.91 Å². The van der Waals surface area contributed by atoms with Crippen LogP contribution in [0.2, 0.25) is 0 Å². The van der Waals surface area contributed by atoms with Gasteiger partial charge in [-0.15, -0.1) is 0 Å². The number of primary amides is 1. The number of carbonyl (C=O) groups is 2. The number of sulfonamides is 1. The van der Waals surface area contributed by atoms with Gasteiger partial charge in [0.15, 0.2) is 0 Å². The van der Waals surface area contributed by atoms with Crippen molar-refractivity contribution in [2.75, 3.05) is 30.2 Å². The molecule has 2 amide bonds. The van der Waals surface area contributed by atoms with Crippen LogP contribution in [0.4, 0.5) is 5.82 Å². The Kier molecular flexibility index (Phi) is 6.70. The van der Waals surface area contributed by atoms with Crippen LogP contribution in [0, 0.1) is 12.8 Å². The molecule has 0 radical (unpaired) electrons. The molecule has 3 aromatic rings. The van der Waals surface area contributed by atoms with Crippen molar-refractivity contribution in [2.45, 2.75) is 45.4 Å². The number of aromatic nitrogens is 1. The van der Waals surface area contributed by atoms with Gasteiger partial charge in [-0.25, -0.2) is 8.42 Å². The van der Waals surface area contributed by atoms with Gasteiger partial charge in [-0.2, -0.15) is 4.98 Å². The van der Waals surface area contributed by atoms with Crippen LogP contribution in [-0.4, -0.2) is 56.0 Å². The van der Waals surface area contributed by atoms with Gasteiger partial charge in [-0.05, 0) is 56.6 Å². The first-order valence-corrected chi connectivity index (χ1v) is 14.6. The molecule has 0 bridgehead atoms. The summed E-state index contributed by atoms with van der Waals surface area (Å²) in [5, 5.41) is 0.485. The summed E-state index contributed by atoms with van der Waals surface area (Å²) in [5.74, 6) is 0.564. The number of nitrogens with zero attached hydrogens (tertiary/aromatic N) is 3. The molecule has 2 fully saturated rings. The van der Waals surface area contributed by atoms with E-state index in [2.05, 4.69) is 4.98 Å². The number of likely N-dealkylation sites (tertiary alicyclic amines) is 1. The van der Waals surface area contributed by atoms with E-state index in [0.29, 0.717) is 60.8 Å². The molecule has 9 nitrogen and oxygen atoms in total. The molecule has 1 saturated heterocycles. The van der Waals surface area contributed by atoms with Gasteiger partial charge in [0.2, 0.25) is 21.6 Å². The number of benzene rings is 1. The van der Waals surface area contributed by atoms with E-state index in [-0.39, 0.29) is 23.7 Å². The minimum atomic E-state index is -3.68. The lowest BCUT2D eigenvalue weighted by Crippen LogP contribution is -2.35. The van der Waals surface area contributed by atoms with Crippen LogP contribution in [0.3, 0.4) is 0 Å². The number of hydrogen-bond acceptors (Lipinski definition) is 6. The van der Waals surface area contributed by atoms with E-state index < -0.39 is 15.9 Å². The first kappa shape index (κ1) is 25.3. The lowest BCUT2D eigenvalue weighted by Gasteiger charge is -2.25. The Labute approximate surface area is 216 Å². The Balaban J connectivity index is 1.58. The molecule has 0 spiro atoms. The minimum Gasteiger partial charge on any atom is -0.437 e. The summed E-state index contributed by atoms with van der Waals surface area (Å²) in [6, 6.07) is 9.36. The van der Waals surface area contributed by atoms with E-state index in [0.717, 1.165) is 36.6 Å². The number of nitrogens with two attached hydrogens (primary N) is 1. The van der Waals surface area contributed by atoms with Crippen molar-refractivity contribution in [2.24, 2.45) is 11.7 Å². The summed E-state index contributed by atoms with van der Waals surface area (Å²) in [7, 11) is -3.68. The Bertz CT molecular complexity index is 1460. The highest BCUT2D eigenvalue weighted by molar-refractivity contribution is 7.92. The molecular weight excluding hydrogens is 492 g/mol. The molecule has 1 aliphatic carbocycles. The molecule has 1 aromatic carbocycles. The van der Waals surface area contributed by atoms with Crippen LogP contribution in [0.1, 0.15) is 53.6 Å².